The van der Waals surface area contributed by atoms with Crippen molar-refractivity contribution in [3.63, 3.8) is 0 Å². The van der Waals surface area contributed by atoms with E-state index in [1.165, 1.54) is 17.0 Å². The Balaban J connectivity index is 1.46. The van der Waals surface area contributed by atoms with Gasteiger partial charge in [-0.25, -0.2) is 12.8 Å². The summed E-state index contributed by atoms with van der Waals surface area (Å²) >= 11 is 0. The van der Waals surface area contributed by atoms with Gasteiger partial charge in [0.05, 0.1) is 16.4 Å². The maximum atomic E-state index is 13.5. The Bertz CT molecular complexity index is 1190. The molecule has 1 N–H and O–H groups in total. The molecule has 12 heteroatoms. The molecule has 0 saturated carbocycles. The first-order chi connectivity index (χ1) is 15.5. The van der Waals surface area contributed by atoms with Crippen LogP contribution in [0.15, 0.2) is 47.4 Å². The van der Waals surface area contributed by atoms with E-state index >= 15 is 0 Å². The lowest BCUT2D eigenvalue weighted by atomic mass is 9.89. The van der Waals surface area contributed by atoms with E-state index in [0.29, 0.717) is 17.7 Å². The van der Waals surface area contributed by atoms with Crippen molar-refractivity contribution >= 4 is 27.5 Å². The number of hydrogen-bond donors (Lipinski definition) is 1. The van der Waals surface area contributed by atoms with Crippen molar-refractivity contribution in [3.8, 4) is 0 Å². The molecule has 2 aromatic carbocycles. The summed E-state index contributed by atoms with van der Waals surface area (Å²) in [5, 5.41) is 2.54. The molecule has 7 nitrogen and oxygen atoms in total. The Morgan fingerprint density at radius 3 is 2.24 bits per heavy atom. The van der Waals surface area contributed by atoms with Gasteiger partial charge in [0.1, 0.15) is 5.82 Å². The Morgan fingerprint density at radius 1 is 1.00 bits per heavy atom. The van der Waals surface area contributed by atoms with E-state index in [1.54, 1.807) is 0 Å². The maximum absolute atomic E-state index is 13.5. The molecule has 0 aliphatic carbocycles. The van der Waals surface area contributed by atoms with Crippen LogP contribution in [0.5, 0.6) is 0 Å². The number of alkyl halides is 3. The second kappa shape index (κ2) is 8.41. The molecule has 2 amide bonds. The minimum atomic E-state index is -4.57. The van der Waals surface area contributed by atoms with Crippen LogP contribution in [-0.4, -0.2) is 55.6 Å². The minimum absolute atomic E-state index is 0.0490. The highest BCUT2D eigenvalue weighted by Crippen LogP contribution is 2.35. The van der Waals surface area contributed by atoms with Crippen LogP contribution in [0.25, 0.3) is 0 Å². The van der Waals surface area contributed by atoms with Crippen LogP contribution in [0.2, 0.25) is 0 Å². The number of nitrogens with zero attached hydrogens (tertiary/aromatic N) is 2. The Kier molecular flexibility index (Phi) is 5.91. The lowest BCUT2D eigenvalue weighted by Crippen LogP contribution is -2.52. The third-order valence-corrected chi connectivity index (χ3v) is 7.64. The third kappa shape index (κ3) is 4.58. The quantitative estimate of drug-likeness (QED) is 0.678. The second-order valence-electron chi connectivity index (χ2n) is 7.79. The summed E-state index contributed by atoms with van der Waals surface area (Å²) in [4.78, 5) is 26.3. The summed E-state index contributed by atoms with van der Waals surface area (Å²) in [6, 6.07) is 7.02. The molecule has 0 spiro atoms. The third-order valence-electron chi connectivity index (χ3n) is 5.72. The van der Waals surface area contributed by atoms with Crippen LogP contribution in [0.3, 0.4) is 0 Å². The fraction of sp³-hybridized carbons (Fsp3) is 0.333. The molecule has 2 aliphatic rings. The van der Waals surface area contributed by atoms with E-state index in [2.05, 4.69) is 5.32 Å². The lowest BCUT2D eigenvalue weighted by Gasteiger charge is -2.36. The van der Waals surface area contributed by atoms with Crippen molar-refractivity contribution in [3.05, 3.63) is 59.4 Å². The van der Waals surface area contributed by atoms with Crippen LogP contribution < -0.4 is 5.32 Å². The van der Waals surface area contributed by atoms with Crippen LogP contribution in [0, 0.1) is 5.82 Å². The summed E-state index contributed by atoms with van der Waals surface area (Å²) < 4.78 is 78.5. The second-order valence-corrected chi connectivity index (χ2v) is 9.73. The van der Waals surface area contributed by atoms with E-state index in [0.717, 1.165) is 22.5 Å². The smallest absolute Gasteiger partial charge is 0.340 e. The fourth-order valence-corrected chi connectivity index (χ4v) is 5.41. The van der Waals surface area contributed by atoms with Gasteiger partial charge < -0.3 is 10.2 Å². The van der Waals surface area contributed by atoms with Crippen molar-refractivity contribution in [1.29, 1.82) is 0 Å². The summed E-state index contributed by atoms with van der Waals surface area (Å²) in [5.41, 5.74) is -0.234. The van der Waals surface area contributed by atoms with Gasteiger partial charge in [0.25, 0.3) is 0 Å². The summed E-state index contributed by atoms with van der Waals surface area (Å²) in [7, 11) is -4.04. The number of carbonyl (C=O) groups excluding carboxylic acids is 2. The number of hydrogen-bond acceptors (Lipinski definition) is 4. The van der Waals surface area contributed by atoms with Crippen molar-refractivity contribution in [2.75, 3.05) is 31.5 Å². The van der Waals surface area contributed by atoms with E-state index in [-0.39, 0.29) is 49.1 Å². The summed E-state index contributed by atoms with van der Waals surface area (Å²) in [6.07, 6.45) is -4.68. The van der Waals surface area contributed by atoms with E-state index in [1.807, 2.05) is 0 Å². The van der Waals surface area contributed by atoms with Gasteiger partial charge in [0.15, 0.2) is 0 Å². The molecule has 1 fully saturated rings. The average molecular weight is 485 g/mol. The van der Waals surface area contributed by atoms with Gasteiger partial charge in [-0.05, 0) is 42.0 Å². The average Bonchev–Trinajstić information content (AvgIpc) is 2.77. The number of anilines is 1. The number of amides is 2. The summed E-state index contributed by atoms with van der Waals surface area (Å²) in [6.45, 7) is -0.00470. The Morgan fingerprint density at radius 2 is 1.64 bits per heavy atom. The van der Waals surface area contributed by atoms with Crippen LogP contribution in [0.1, 0.15) is 23.5 Å². The number of fused-ring (bicyclic) bond motifs is 1. The van der Waals surface area contributed by atoms with E-state index in [9.17, 15) is 35.6 Å². The van der Waals surface area contributed by atoms with Gasteiger partial charge in [-0.2, -0.15) is 17.5 Å². The summed E-state index contributed by atoms with van der Waals surface area (Å²) in [5.74, 6) is -2.16. The largest absolute Gasteiger partial charge is 0.416 e. The van der Waals surface area contributed by atoms with Crippen molar-refractivity contribution in [1.82, 2.24) is 9.21 Å². The molecule has 0 aromatic heterocycles. The van der Waals surface area contributed by atoms with Crippen LogP contribution in [0.4, 0.5) is 23.2 Å². The first-order valence-corrected chi connectivity index (χ1v) is 11.5. The normalized spacial score (nSPS) is 19.7. The highest BCUT2D eigenvalue weighted by Gasteiger charge is 2.37. The highest BCUT2D eigenvalue weighted by molar-refractivity contribution is 7.89. The number of benzene rings is 2. The number of piperazine rings is 1. The number of rotatable bonds is 3. The zero-order valence-corrected chi connectivity index (χ0v) is 17.9. The molecule has 2 heterocycles. The molecule has 0 unspecified atom stereocenters. The molecule has 2 aliphatic heterocycles. The van der Waals surface area contributed by atoms with E-state index in [4.69, 9.17) is 0 Å². The van der Waals surface area contributed by atoms with Gasteiger partial charge in [-0.3, -0.25) is 9.59 Å². The fourth-order valence-electron chi connectivity index (χ4n) is 3.99. The Hall–Kier alpha value is -2.99. The van der Waals surface area contributed by atoms with Crippen molar-refractivity contribution in [2.45, 2.75) is 23.4 Å². The molecular formula is C21H19F4N3O4S. The lowest BCUT2D eigenvalue weighted by molar-refractivity contribution is -0.137. The molecule has 33 heavy (non-hydrogen) atoms. The maximum Gasteiger partial charge on any atom is 0.416 e. The van der Waals surface area contributed by atoms with E-state index < -0.39 is 39.4 Å². The molecule has 0 radical (unpaired) electrons. The molecule has 1 saturated heterocycles. The monoisotopic (exact) mass is 485 g/mol. The molecule has 0 bridgehead atoms. The number of nitrogens with one attached hydrogen (secondary N) is 1. The predicted octanol–water partition coefficient (Wildman–Crippen LogP) is 2.80. The van der Waals surface area contributed by atoms with Crippen molar-refractivity contribution < 1.29 is 35.6 Å². The zero-order chi connectivity index (χ0) is 24.0. The molecular weight excluding hydrogens is 466 g/mol. The van der Waals surface area contributed by atoms with Gasteiger partial charge >= 0.3 is 6.18 Å². The number of halogens is 4. The minimum Gasteiger partial charge on any atom is -0.340 e. The van der Waals surface area contributed by atoms with Crippen molar-refractivity contribution in [2.24, 2.45) is 0 Å². The standard InChI is InChI=1S/C21H19F4N3O4S/c22-14-3-6-16-17(12-19(29)26-18(16)11-14)20(30)27-7-9-28(10-8-27)33(31,32)15-4-1-13(2-5-15)21(23,24)25/h1-6,11,17H,7-10,12H2,(H,26,29)/t17-/m0/s1. The molecule has 2 aromatic rings. The molecule has 1 atom stereocenters. The molecule has 4 rings (SSSR count). The first-order valence-electron chi connectivity index (χ1n) is 10.0. The topological polar surface area (TPSA) is 86.8 Å². The number of sulfonamides is 1. The van der Waals surface area contributed by atoms with Gasteiger partial charge in [0, 0.05) is 38.3 Å². The SMILES string of the molecule is O=C1C[C@H](C(=O)N2CCN(S(=O)(=O)c3ccc(C(F)(F)F)cc3)CC2)c2ccc(F)cc2N1. The van der Waals surface area contributed by atoms with Gasteiger partial charge in [-0.1, -0.05) is 6.07 Å². The highest BCUT2D eigenvalue weighted by atomic mass is 32.2. The van der Waals surface area contributed by atoms with Crippen LogP contribution >= 0.6 is 0 Å². The Labute approximate surface area is 187 Å². The predicted molar refractivity (Wildman–Crippen MR) is 109 cm³/mol. The van der Waals surface area contributed by atoms with Gasteiger partial charge in [-0.15, -0.1) is 0 Å². The molecule has 176 valence electrons. The first kappa shape index (κ1) is 23.2. The van der Waals surface area contributed by atoms with Gasteiger partial charge in [0.2, 0.25) is 21.8 Å². The number of carbonyl (C=O) groups is 2. The van der Waals surface area contributed by atoms with Crippen LogP contribution in [-0.2, 0) is 25.8 Å². The zero-order valence-electron chi connectivity index (χ0n) is 17.1.